The third-order valence-corrected chi connectivity index (χ3v) is 6.64. The highest BCUT2D eigenvalue weighted by Crippen LogP contribution is 2.33. The van der Waals surface area contributed by atoms with Gasteiger partial charge in [0.25, 0.3) is 0 Å². The fourth-order valence-corrected chi connectivity index (χ4v) is 4.53. The van der Waals surface area contributed by atoms with Crippen LogP contribution in [-0.4, -0.2) is 65.7 Å². The van der Waals surface area contributed by atoms with Crippen molar-refractivity contribution >= 4 is 28.7 Å². The van der Waals surface area contributed by atoms with Gasteiger partial charge in [-0.15, -0.1) is 10.2 Å². The van der Waals surface area contributed by atoms with Crippen LogP contribution >= 0.6 is 11.3 Å². The minimum absolute atomic E-state index is 0.0857. The Balaban J connectivity index is 1.28. The van der Waals surface area contributed by atoms with Crippen LogP contribution in [0.2, 0.25) is 0 Å². The van der Waals surface area contributed by atoms with Crippen LogP contribution in [0.25, 0.3) is 10.6 Å². The Morgan fingerprint density at radius 2 is 1.88 bits per heavy atom. The van der Waals surface area contributed by atoms with Crippen molar-refractivity contribution in [3.05, 3.63) is 59.1 Å². The van der Waals surface area contributed by atoms with Crippen LogP contribution < -0.4 is 10.1 Å². The molecule has 0 bridgehead atoms. The maximum atomic E-state index is 13.0. The van der Waals surface area contributed by atoms with Gasteiger partial charge in [-0.3, -0.25) is 14.5 Å². The molecule has 2 aliphatic rings. The first-order valence-corrected chi connectivity index (χ1v) is 12.3. The van der Waals surface area contributed by atoms with E-state index >= 15 is 0 Å². The van der Waals surface area contributed by atoms with E-state index in [1.165, 1.54) is 11.3 Å². The lowest BCUT2D eigenvalue weighted by molar-refractivity contribution is -0.118. The second-order valence-electron chi connectivity index (χ2n) is 8.43. The molecule has 0 unspecified atom stereocenters. The molecule has 0 radical (unpaired) electrons. The molecule has 0 atom stereocenters. The number of benzene rings is 2. The number of aromatic nitrogens is 2. The first kappa shape index (κ1) is 22.6. The Labute approximate surface area is 201 Å². The fraction of sp³-hybridized carbons (Fsp3) is 0.360. The molecule has 1 N–H and O–H groups in total. The van der Waals surface area contributed by atoms with Crippen molar-refractivity contribution in [1.29, 1.82) is 0 Å². The third-order valence-electron chi connectivity index (χ3n) is 5.66. The van der Waals surface area contributed by atoms with Crippen molar-refractivity contribution in [3.63, 3.8) is 0 Å². The van der Waals surface area contributed by atoms with Gasteiger partial charge in [0, 0.05) is 24.2 Å². The Morgan fingerprint density at radius 1 is 1.09 bits per heavy atom. The summed E-state index contributed by atoms with van der Waals surface area (Å²) in [5, 5.41) is 12.8. The molecule has 3 aromatic rings. The molecule has 0 spiro atoms. The number of carbonyl (C=O) groups excluding carboxylic acids is 2. The summed E-state index contributed by atoms with van der Waals surface area (Å²) in [4.78, 5) is 27.8. The highest BCUT2D eigenvalue weighted by Gasteiger charge is 2.26. The lowest BCUT2D eigenvalue weighted by Crippen LogP contribution is -2.41. The van der Waals surface area contributed by atoms with E-state index in [-0.39, 0.29) is 30.8 Å². The molecular weight excluding hydrogens is 452 g/mol. The molecule has 1 saturated heterocycles. The highest BCUT2D eigenvalue weighted by atomic mass is 32.1. The summed E-state index contributed by atoms with van der Waals surface area (Å²) in [5.74, 6) is 0.373. The number of anilines is 1. The Kier molecular flexibility index (Phi) is 6.94. The maximum absolute atomic E-state index is 13.0. The van der Waals surface area contributed by atoms with Crippen molar-refractivity contribution in [3.8, 4) is 16.3 Å². The summed E-state index contributed by atoms with van der Waals surface area (Å²) >= 11 is 1.41. The zero-order chi connectivity index (χ0) is 23.3. The molecule has 1 aliphatic carbocycles. The molecule has 176 valence electrons. The molecule has 1 saturated carbocycles. The van der Waals surface area contributed by atoms with Crippen LogP contribution in [0, 0.1) is 0 Å². The molecule has 2 fully saturated rings. The van der Waals surface area contributed by atoms with Gasteiger partial charge in [0.1, 0.15) is 15.8 Å². The molecule has 5 rings (SSSR count). The number of amides is 1. The number of rotatable bonds is 9. The molecule has 8 nitrogen and oxygen atoms in total. The number of ether oxygens (including phenoxy) is 2. The molecule has 1 aliphatic heterocycles. The van der Waals surface area contributed by atoms with E-state index in [2.05, 4.69) is 20.4 Å². The first-order chi connectivity index (χ1) is 16.6. The molecular formula is C25H26N4O4S. The topological polar surface area (TPSA) is 93.7 Å². The number of hydrogen-bond donors (Lipinski definition) is 1. The number of nitrogens with zero attached hydrogens (tertiary/aromatic N) is 3. The van der Waals surface area contributed by atoms with Crippen LogP contribution in [0.1, 0.15) is 28.2 Å². The minimum Gasteiger partial charge on any atom is -0.488 e. The second-order valence-corrected chi connectivity index (χ2v) is 9.49. The largest absolute Gasteiger partial charge is 0.488 e. The van der Waals surface area contributed by atoms with E-state index in [9.17, 15) is 9.59 Å². The average Bonchev–Trinajstić information content (AvgIpc) is 3.56. The predicted molar refractivity (Wildman–Crippen MR) is 129 cm³/mol. The van der Waals surface area contributed by atoms with Crippen molar-refractivity contribution < 1.29 is 19.1 Å². The Morgan fingerprint density at radius 3 is 2.65 bits per heavy atom. The van der Waals surface area contributed by atoms with Crippen LogP contribution in [0.4, 0.5) is 5.69 Å². The van der Waals surface area contributed by atoms with Crippen LogP contribution in [0.3, 0.4) is 0 Å². The Bertz CT molecular complexity index is 1160. The van der Waals surface area contributed by atoms with E-state index in [1.54, 1.807) is 18.2 Å². The number of nitrogens with one attached hydrogen (secondary N) is 1. The van der Waals surface area contributed by atoms with Gasteiger partial charge in [-0.2, -0.15) is 0 Å². The maximum Gasteiger partial charge on any atom is 0.238 e. The third kappa shape index (κ3) is 5.85. The summed E-state index contributed by atoms with van der Waals surface area (Å²) in [7, 11) is 0. The minimum atomic E-state index is -0.135. The normalized spacial score (nSPS) is 16.2. The summed E-state index contributed by atoms with van der Waals surface area (Å²) in [6.45, 7) is 2.99. The highest BCUT2D eigenvalue weighted by molar-refractivity contribution is 7.14. The van der Waals surface area contributed by atoms with E-state index in [1.807, 2.05) is 30.3 Å². The van der Waals surface area contributed by atoms with Gasteiger partial charge in [-0.25, -0.2) is 0 Å². The SMILES string of the molecule is O=C(CN1CCOCC1)Nc1cc(C(=O)Cc2nnc(-c3ccccc3)s2)ccc1OC1CC1. The first-order valence-electron chi connectivity index (χ1n) is 11.5. The van der Waals surface area contributed by atoms with Gasteiger partial charge >= 0.3 is 0 Å². The molecule has 1 aromatic heterocycles. The van der Waals surface area contributed by atoms with Crippen LogP contribution in [-0.2, 0) is 16.0 Å². The lowest BCUT2D eigenvalue weighted by atomic mass is 10.1. The molecule has 34 heavy (non-hydrogen) atoms. The van der Waals surface area contributed by atoms with Crippen molar-refractivity contribution in [2.24, 2.45) is 0 Å². The summed E-state index contributed by atoms with van der Waals surface area (Å²) < 4.78 is 11.3. The molecule has 1 amide bonds. The van der Waals surface area contributed by atoms with Crippen molar-refractivity contribution in [2.75, 3.05) is 38.2 Å². The number of ketones is 1. The van der Waals surface area contributed by atoms with Gasteiger partial charge in [0.2, 0.25) is 5.91 Å². The fourth-order valence-electron chi connectivity index (χ4n) is 3.68. The van der Waals surface area contributed by atoms with Gasteiger partial charge in [0.15, 0.2) is 5.78 Å². The zero-order valence-electron chi connectivity index (χ0n) is 18.7. The summed E-state index contributed by atoms with van der Waals surface area (Å²) in [6, 6.07) is 15.0. The monoisotopic (exact) mass is 478 g/mol. The summed E-state index contributed by atoms with van der Waals surface area (Å²) in [6.07, 6.45) is 2.33. The van der Waals surface area contributed by atoms with E-state index in [4.69, 9.17) is 9.47 Å². The smallest absolute Gasteiger partial charge is 0.238 e. The van der Waals surface area contributed by atoms with Crippen LogP contribution in [0.5, 0.6) is 5.75 Å². The van der Waals surface area contributed by atoms with E-state index in [0.717, 1.165) is 36.5 Å². The number of carbonyl (C=O) groups is 2. The van der Waals surface area contributed by atoms with Gasteiger partial charge in [-0.1, -0.05) is 41.7 Å². The molecule has 9 heteroatoms. The number of morpholine rings is 1. The quantitative estimate of drug-likeness (QED) is 0.471. The zero-order valence-corrected chi connectivity index (χ0v) is 19.6. The average molecular weight is 479 g/mol. The Hall–Kier alpha value is -3.14. The number of Topliss-reactive ketones (excluding diaryl/α,β-unsaturated/α-hetero) is 1. The van der Waals surface area contributed by atoms with E-state index in [0.29, 0.717) is 35.2 Å². The van der Waals surface area contributed by atoms with Crippen molar-refractivity contribution in [2.45, 2.75) is 25.4 Å². The second kappa shape index (κ2) is 10.4. The number of hydrogen-bond acceptors (Lipinski definition) is 8. The summed E-state index contributed by atoms with van der Waals surface area (Å²) in [5.41, 5.74) is 2.00. The van der Waals surface area contributed by atoms with Gasteiger partial charge in [0.05, 0.1) is 38.0 Å². The van der Waals surface area contributed by atoms with Crippen molar-refractivity contribution in [1.82, 2.24) is 15.1 Å². The van der Waals surface area contributed by atoms with Crippen LogP contribution in [0.15, 0.2) is 48.5 Å². The predicted octanol–water partition coefficient (Wildman–Crippen LogP) is 3.44. The standard InChI is InChI=1S/C25H26N4O4S/c30-21(15-24-27-28-25(34-24)17-4-2-1-3-5-17)18-6-9-22(33-19-7-8-19)20(14-18)26-23(31)16-29-10-12-32-13-11-29/h1-6,9,14,19H,7-8,10-13,15-16H2,(H,26,31). The molecule has 2 heterocycles. The van der Waals surface area contributed by atoms with E-state index < -0.39 is 0 Å². The lowest BCUT2D eigenvalue weighted by Gasteiger charge is -2.26. The molecule has 2 aromatic carbocycles. The van der Waals surface area contributed by atoms with Gasteiger partial charge < -0.3 is 14.8 Å². The van der Waals surface area contributed by atoms with Gasteiger partial charge in [-0.05, 0) is 31.0 Å².